The largest absolute Gasteiger partial charge is 0.497 e. The number of carbonyl (C=O) groups is 1. The molecular formula is C17H17F2N3O2. The lowest BCUT2D eigenvalue weighted by Gasteiger charge is -2.11. The van der Waals surface area contributed by atoms with Gasteiger partial charge in [-0.3, -0.25) is 4.79 Å². The zero-order valence-corrected chi connectivity index (χ0v) is 13.0. The second-order valence-corrected chi connectivity index (χ2v) is 5.52. The number of nitrogens with one attached hydrogen (secondary N) is 3. The monoisotopic (exact) mass is 333 g/mol. The quantitative estimate of drug-likeness (QED) is 0.805. The number of rotatable bonds is 4. The van der Waals surface area contributed by atoms with Gasteiger partial charge in [0.05, 0.1) is 7.11 Å². The van der Waals surface area contributed by atoms with Crippen LogP contribution in [0.3, 0.4) is 0 Å². The minimum atomic E-state index is -1.00. The van der Waals surface area contributed by atoms with Crippen molar-refractivity contribution < 1.29 is 18.3 Å². The van der Waals surface area contributed by atoms with E-state index >= 15 is 0 Å². The third kappa shape index (κ3) is 3.52. The molecule has 3 rings (SSSR count). The van der Waals surface area contributed by atoms with Crippen molar-refractivity contribution in [2.45, 2.75) is 18.5 Å². The van der Waals surface area contributed by atoms with Crippen LogP contribution in [0.25, 0.3) is 0 Å². The van der Waals surface area contributed by atoms with Crippen molar-refractivity contribution in [2.24, 2.45) is 0 Å². The van der Waals surface area contributed by atoms with Gasteiger partial charge in [0.1, 0.15) is 11.8 Å². The maximum atomic E-state index is 13.2. The van der Waals surface area contributed by atoms with E-state index in [9.17, 15) is 13.6 Å². The summed E-state index contributed by atoms with van der Waals surface area (Å²) in [4.78, 5) is 12.3. The van der Waals surface area contributed by atoms with Crippen molar-refractivity contribution in [1.29, 1.82) is 0 Å². The molecule has 24 heavy (non-hydrogen) atoms. The van der Waals surface area contributed by atoms with Gasteiger partial charge in [-0.2, -0.15) is 0 Å². The van der Waals surface area contributed by atoms with E-state index in [2.05, 4.69) is 16.2 Å². The minimum absolute atomic E-state index is 0.0548. The van der Waals surface area contributed by atoms with Gasteiger partial charge in [-0.1, -0.05) is 12.1 Å². The Morgan fingerprint density at radius 3 is 2.75 bits per heavy atom. The predicted molar refractivity (Wildman–Crippen MR) is 85.4 cm³/mol. The SMILES string of the molecule is COc1cccc(C2CC(C(=O)Nc3ccc(F)c(F)c3)NN2)c1. The second-order valence-electron chi connectivity index (χ2n) is 5.52. The van der Waals surface area contributed by atoms with E-state index in [4.69, 9.17) is 4.74 Å². The maximum Gasteiger partial charge on any atom is 0.242 e. The Bertz CT molecular complexity index is 754. The molecule has 1 amide bonds. The van der Waals surface area contributed by atoms with Crippen molar-refractivity contribution in [3.05, 3.63) is 59.7 Å². The summed E-state index contributed by atoms with van der Waals surface area (Å²) in [6.07, 6.45) is 0.517. The fourth-order valence-electron chi connectivity index (χ4n) is 2.61. The number of methoxy groups -OCH3 is 1. The summed E-state index contributed by atoms with van der Waals surface area (Å²) in [6, 6.07) is 10.3. The topological polar surface area (TPSA) is 62.4 Å². The molecule has 0 aliphatic carbocycles. The van der Waals surface area contributed by atoms with Crippen LogP contribution in [-0.2, 0) is 4.79 Å². The van der Waals surface area contributed by atoms with Gasteiger partial charge >= 0.3 is 0 Å². The second kappa shape index (κ2) is 6.94. The molecule has 7 heteroatoms. The molecule has 0 bridgehead atoms. The Morgan fingerprint density at radius 2 is 2.00 bits per heavy atom. The Hall–Kier alpha value is -2.51. The molecule has 0 spiro atoms. The van der Waals surface area contributed by atoms with Crippen LogP contribution in [0.2, 0.25) is 0 Å². The Balaban J connectivity index is 1.64. The predicted octanol–water partition coefficient (Wildman–Crippen LogP) is 2.52. The molecule has 3 N–H and O–H groups in total. The van der Waals surface area contributed by atoms with Gasteiger partial charge in [-0.15, -0.1) is 0 Å². The van der Waals surface area contributed by atoms with Crippen LogP contribution in [0, 0.1) is 11.6 Å². The molecule has 1 fully saturated rings. The number of hydrogen-bond acceptors (Lipinski definition) is 4. The van der Waals surface area contributed by atoms with Crippen LogP contribution < -0.4 is 20.9 Å². The molecule has 0 aromatic heterocycles. The van der Waals surface area contributed by atoms with Crippen LogP contribution in [0.5, 0.6) is 5.75 Å². The average molecular weight is 333 g/mol. The zero-order valence-electron chi connectivity index (χ0n) is 13.0. The lowest BCUT2D eigenvalue weighted by molar-refractivity contribution is -0.117. The Labute approximate surface area is 138 Å². The lowest BCUT2D eigenvalue weighted by atomic mass is 10.0. The number of hydrogen-bond donors (Lipinski definition) is 3. The van der Waals surface area contributed by atoms with Gasteiger partial charge < -0.3 is 10.1 Å². The van der Waals surface area contributed by atoms with Crippen molar-refractivity contribution in [1.82, 2.24) is 10.9 Å². The summed E-state index contributed by atoms with van der Waals surface area (Å²) in [5.41, 5.74) is 7.18. The van der Waals surface area contributed by atoms with E-state index in [0.717, 1.165) is 23.4 Å². The van der Waals surface area contributed by atoms with E-state index in [-0.39, 0.29) is 17.6 Å². The van der Waals surface area contributed by atoms with Crippen LogP contribution in [-0.4, -0.2) is 19.1 Å². The van der Waals surface area contributed by atoms with E-state index in [1.807, 2.05) is 24.3 Å². The van der Waals surface area contributed by atoms with Crippen LogP contribution in [0.1, 0.15) is 18.0 Å². The molecule has 2 atom stereocenters. The molecule has 2 aromatic carbocycles. The summed E-state index contributed by atoms with van der Waals surface area (Å²) < 4.78 is 31.3. The molecule has 2 unspecified atom stereocenters. The fourth-order valence-corrected chi connectivity index (χ4v) is 2.61. The molecule has 1 aliphatic rings. The fraction of sp³-hybridized carbons (Fsp3) is 0.235. The van der Waals surface area contributed by atoms with Gasteiger partial charge in [-0.25, -0.2) is 19.6 Å². The highest BCUT2D eigenvalue weighted by Gasteiger charge is 2.30. The van der Waals surface area contributed by atoms with E-state index in [1.54, 1.807) is 7.11 Å². The third-order valence-electron chi connectivity index (χ3n) is 3.90. The highest BCUT2D eigenvalue weighted by molar-refractivity contribution is 5.95. The first-order chi connectivity index (χ1) is 11.6. The number of ether oxygens (including phenoxy) is 1. The van der Waals surface area contributed by atoms with Crippen molar-refractivity contribution in [2.75, 3.05) is 12.4 Å². The van der Waals surface area contributed by atoms with Gasteiger partial charge in [-0.05, 0) is 36.2 Å². The van der Waals surface area contributed by atoms with Crippen molar-refractivity contribution >= 4 is 11.6 Å². The molecule has 2 aromatic rings. The average Bonchev–Trinajstić information content (AvgIpc) is 3.08. The van der Waals surface area contributed by atoms with Gasteiger partial charge in [0.15, 0.2) is 11.6 Å². The number of amides is 1. The molecule has 126 valence electrons. The first kappa shape index (κ1) is 16.4. The van der Waals surface area contributed by atoms with E-state index < -0.39 is 17.7 Å². The molecule has 1 heterocycles. The van der Waals surface area contributed by atoms with Gasteiger partial charge in [0.2, 0.25) is 5.91 Å². The summed E-state index contributed by atoms with van der Waals surface area (Å²) in [5, 5.41) is 2.57. The van der Waals surface area contributed by atoms with E-state index in [0.29, 0.717) is 6.42 Å². The first-order valence-corrected chi connectivity index (χ1v) is 7.48. The number of anilines is 1. The number of benzene rings is 2. The summed E-state index contributed by atoms with van der Waals surface area (Å²) in [6.45, 7) is 0. The maximum absolute atomic E-state index is 13.2. The minimum Gasteiger partial charge on any atom is -0.497 e. The summed E-state index contributed by atoms with van der Waals surface area (Å²) in [5.74, 6) is -1.53. The molecule has 5 nitrogen and oxygen atoms in total. The molecule has 0 saturated carbocycles. The lowest BCUT2D eigenvalue weighted by Crippen LogP contribution is -2.39. The highest BCUT2D eigenvalue weighted by atomic mass is 19.2. The number of halogens is 2. The summed E-state index contributed by atoms with van der Waals surface area (Å²) >= 11 is 0. The normalized spacial score (nSPS) is 20.0. The highest BCUT2D eigenvalue weighted by Crippen LogP contribution is 2.26. The molecular weight excluding hydrogens is 316 g/mol. The van der Waals surface area contributed by atoms with Crippen LogP contribution in [0.15, 0.2) is 42.5 Å². The number of carbonyl (C=O) groups excluding carboxylic acids is 1. The molecule has 0 radical (unpaired) electrons. The first-order valence-electron chi connectivity index (χ1n) is 7.48. The van der Waals surface area contributed by atoms with Crippen molar-refractivity contribution in [3.63, 3.8) is 0 Å². The van der Waals surface area contributed by atoms with E-state index in [1.165, 1.54) is 6.07 Å². The zero-order chi connectivity index (χ0) is 17.1. The smallest absolute Gasteiger partial charge is 0.242 e. The third-order valence-corrected chi connectivity index (χ3v) is 3.90. The van der Waals surface area contributed by atoms with Gasteiger partial charge in [0.25, 0.3) is 0 Å². The van der Waals surface area contributed by atoms with Crippen LogP contribution in [0.4, 0.5) is 14.5 Å². The van der Waals surface area contributed by atoms with Crippen LogP contribution >= 0.6 is 0 Å². The number of hydrazine groups is 1. The molecule has 1 saturated heterocycles. The Kier molecular flexibility index (Phi) is 4.73. The van der Waals surface area contributed by atoms with Crippen molar-refractivity contribution in [3.8, 4) is 5.75 Å². The molecule has 1 aliphatic heterocycles. The van der Waals surface area contributed by atoms with Gasteiger partial charge in [0, 0.05) is 17.8 Å². The standard InChI is InChI=1S/C17H17F2N3O2/c1-24-12-4-2-3-10(7-12)15-9-16(22-21-15)17(23)20-11-5-6-13(18)14(19)8-11/h2-8,15-16,21-22H,9H2,1H3,(H,20,23). The Morgan fingerprint density at radius 1 is 1.17 bits per heavy atom. The summed E-state index contributed by atoms with van der Waals surface area (Å²) in [7, 11) is 1.59.